The van der Waals surface area contributed by atoms with Gasteiger partial charge >= 0.3 is 0 Å². The summed E-state index contributed by atoms with van der Waals surface area (Å²) >= 11 is 0. The van der Waals surface area contributed by atoms with Crippen LogP contribution in [0, 0.1) is 19.3 Å². The first kappa shape index (κ1) is 11.3. The lowest BCUT2D eigenvalue weighted by Gasteiger charge is -2.07. The highest BCUT2D eigenvalue weighted by atomic mass is 16.5. The van der Waals surface area contributed by atoms with Crippen LogP contribution in [0.15, 0.2) is 6.07 Å². The molecular weight excluding hydrogens is 190 g/mol. The van der Waals surface area contributed by atoms with Gasteiger partial charge in [-0.25, -0.2) is 4.98 Å². The smallest absolute Gasteiger partial charge is 0.218 e. The van der Waals surface area contributed by atoms with Crippen LogP contribution in [0.2, 0.25) is 0 Å². The summed E-state index contributed by atoms with van der Waals surface area (Å²) in [5, 5.41) is 3.11. The molecule has 1 N–H and O–H groups in total. The predicted molar refractivity (Wildman–Crippen MR) is 59.9 cm³/mol. The van der Waals surface area contributed by atoms with Crippen molar-refractivity contribution < 1.29 is 4.74 Å². The Kier molecular flexibility index (Phi) is 4.42. The minimum absolute atomic E-state index is 0.485. The summed E-state index contributed by atoms with van der Waals surface area (Å²) in [7, 11) is 0. The Morgan fingerprint density at radius 3 is 3.00 bits per heavy atom. The summed E-state index contributed by atoms with van der Waals surface area (Å²) < 4.78 is 5.38. The first-order chi connectivity index (χ1) is 7.26. The van der Waals surface area contributed by atoms with Crippen LogP contribution in [0.1, 0.15) is 19.2 Å². The quantitative estimate of drug-likeness (QED) is 0.586. The van der Waals surface area contributed by atoms with E-state index in [4.69, 9.17) is 11.2 Å². The summed E-state index contributed by atoms with van der Waals surface area (Å²) in [6.07, 6.45) is 5.71. The molecule has 4 heteroatoms. The zero-order valence-electron chi connectivity index (χ0n) is 9.08. The average molecular weight is 205 g/mol. The van der Waals surface area contributed by atoms with Crippen molar-refractivity contribution in [3.05, 3.63) is 11.9 Å². The lowest BCUT2D eigenvalue weighted by molar-refractivity contribution is 0.313. The highest BCUT2D eigenvalue weighted by Gasteiger charge is 2.01. The van der Waals surface area contributed by atoms with Crippen molar-refractivity contribution in [3.8, 4) is 18.2 Å². The zero-order valence-corrected chi connectivity index (χ0v) is 9.08. The minimum Gasteiger partial charge on any atom is -0.477 e. The monoisotopic (exact) mass is 205 g/mol. The van der Waals surface area contributed by atoms with E-state index < -0.39 is 0 Å². The highest BCUT2D eigenvalue weighted by Crippen LogP contribution is 2.13. The van der Waals surface area contributed by atoms with E-state index in [2.05, 4.69) is 21.2 Å². The summed E-state index contributed by atoms with van der Waals surface area (Å²) in [6.45, 7) is 5.14. The molecule has 0 unspecified atom stereocenters. The lowest BCUT2D eigenvalue weighted by atomic mass is 10.5. The van der Waals surface area contributed by atoms with Crippen molar-refractivity contribution in [2.45, 2.75) is 20.3 Å². The molecular formula is C11H15N3O. The molecule has 80 valence electrons. The molecule has 0 amide bonds. The molecule has 1 aromatic heterocycles. The van der Waals surface area contributed by atoms with Crippen LogP contribution < -0.4 is 10.1 Å². The molecule has 0 saturated heterocycles. The number of hydrogen-bond donors (Lipinski definition) is 1. The summed E-state index contributed by atoms with van der Waals surface area (Å²) in [4.78, 5) is 8.36. The maximum atomic E-state index is 5.38. The van der Waals surface area contributed by atoms with E-state index in [-0.39, 0.29) is 0 Å². The molecule has 4 nitrogen and oxygen atoms in total. The maximum Gasteiger partial charge on any atom is 0.218 e. The molecule has 0 spiro atoms. The fraction of sp³-hybridized carbons (Fsp3) is 0.455. The number of ether oxygens (including phenoxy) is 1. The standard InChI is InChI=1S/C11H15N3O/c1-4-6-7-15-11-8-10(12-5-2)13-9(3)14-11/h1,8H,5-7H2,2-3H3,(H,12,13,14). The molecule has 1 heterocycles. The van der Waals surface area contributed by atoms with Gasteiger partial charge < -0.3 is 10.1 Å². The summed E-state index contributed by atoms with van der Waals surface area (Å²) in [5.74, 6) is 4.53. The Bertz CT molecular complexity index is 357. The Labute approximate surface area is 90.1 Å². The fourth-order valence-corrected chi connectivity index (χ4v) is 1.10. The minimum atomic E-state index is 0.485. The molecule has 0 aliphatic carbocycles. The number of nitrogens with zero attached hydrogens (tertiary/aromatic N) is 2. The molecule has 0 atom stereocenters. The van der Waals surface area contributed by atoms with Gasteiger partial charge in [-0.15, -0.1) is 12.3 Å². The molecule has 1 aromatic rings. The molecule has 0 aliphatic rings. The molecule has 0 saturated carbocycles. The normalized spacial score (nSPS) is 9.40. The number of aromatic nitrogens is 2. The molecule has 0 fully saturated rings. The van der Waals surface area contributed by atoms with Crippen molar-refractivity contribution in [3.63, 3.8) is 0 Å². The van der Waals surface area contributed by atoms with Crippen LogP contribution in [-0.2, 0) is 0 Å². The van der Waals surface area contributed by atoms with Gasteiger partial charge in [-0.05, 0) is 13.8 Å². The maximum absolute atomic E-state index is 5.38. The van der Waals surface area contributed by atoms with Gasteiger partial charge in [0.25, 0.3) is 0 Å². The van der Waals surface area contributed by atoms with Crippen LogP contribution in [0.3, 0.4) is 0 Å². The van der Waals surface area contributed by atoms with Gasteiger partial charge in [-0.1, -0.05) is 0 Å². The first-order valence-corrected chi connectivity index (χ1v) is 4.92. The highest BCUT2D eigenvalue weighted by molar-refractivity contribution is 5.38. The SMILES string of the molecule is C#CCCOc1cc(NCC)nc(C)n1. The van der Waals surface area contributed by atoms with Gasteiger partial charge in [0, 0.05) is 19.0 Å². The molecule has 15 heavy (non-hydrogen) atoms. The summed E-state index contributed by atoms with van der Waals surface area (Å²) in [6, 6.07) is 1.77. The van der Waals surface area contributed by atoms with Crippen molar-refractivity contribution in [1.29, 1.82) is 0 Å². The third-order valence-corrected chi connectivity index (χ3v) is 1.67. The van der Waals surface area contributed by atoms with Gasteiger partial charge in [0.1, 0.15) is 18.2 Å². The van der Waals surface area contributed by atoms with Crippen LogP contribution in [0.25, 0.3) is 0 Å². The number of anilines is 1. The van der Waals surface area contributed by atoms with Crippen LogP contribution in [0.4, 0.5) is 5.82 Å². The number of rotatable bonds is 5. The van der Waals surface area contributed by atoms with Gasteiger partial charge in [-0.2, -0.15) is 4.98 Å². The Hall–Kier alpha value is -1.76. The zero-order chi connectivity index (χ0) is 11.1. The van der Waals surface area contributed by atoms with Gasteiger partial charge in [0.15, 0.2) is 0 Å². The van der Waals surface area contributed by atoms with Crippen LogP contribution in [0.5, 0.6) is 5.88 Å². The average Bonchev–Trinajstić information content (AvgIpc) is 2.18. The summed E-state index contributed by atoms with van der Waals surface area (Å²) in [5.41, 5.74) is 0. The van der Waals surface area contributed by atoms with E-state index in [9.17, 15) is 0 Å². The van der Waals surface area contributed by atoms with Gasteiger partial charge in [0.05, 0.1) is 0 Å². The van der Waals surface area contributed by atoms with E-state index in [1.807, 2.05) is 13.8 Å². The second kappa shape index (κ2) is 5.86. The molecule has 1 rings (SSSR count). The first-order valence-electron chi connectivity index (χ1n) is 4.92. The number of aryl methyl sites for hydroxylation is 1. The molecule has 0 aromatic carbocycles. The van der Waals surface area contributed by atoms with Crippen molar-refractivity contribution in [2.75, 3.05) is 18.5 Å². The lowest BCUT2D eigenvalue weighted by Crippen LogP contribution is -2.04. The number of nitrogens with one attached hydrogen (secondary N) is 1. The van der Waals surface area contributed by atoms with Gasteiger partial charge in [0.2, 0.25) is 5.88 Å². The van der Waals surface area contributed by atoms with Crippen molar-refractivity contribution in [2.24, 2.45) is 0 Å². The van der Waals surface area contributed by atoms with Crippen LogP contribution in [-0.4, -0.2) is 23.1 Å². The third kappa shape index (κ3) is 3.86. The Morgan fingerprint density at radius 1 is 1.53 bits per heavy atom. The van der Waals surface area contributed by atoms with Crippen molar-refractivity contribution >= 4 is 5.82 Å². The van der Waals surface area contributed by atoms with Crippen molar-refractivity contribution in [1.82, 2.24) is 9.97 Å². The third-order valence-electron chi connectivity index (χ3n) is 1.67. The molecule has 0 bridgehead atoms. The second-order valence-corrected chi connectivity index (χ2v) is 2.97. The Morgan fingerprint density at radius 2 is 2.33 bits per heavy atom. The molecule has 0 radical (unpaired) electrons. The fourth-order valence-electron chi connectivity index (χ4n) is 1.10. The predicted octanol–water partition coefficient (Wildman–Crippen LogP) is 1.62. The van der Waals surface area contributed by atoms with E-state index in [0.29, 0.717) is 24.7 Å². The largest absolute Gasteiger partial charge is 0.477 e. The van der Waals surface area contributed by atoms with Gasteiger partial charge in [-0.3, -0.25) is 0 Å². The number of hydrogen-bond acceptors (Lipinski definition) is 4. The molecule has 0 aliphatic heterocycles. The topological polar surface area (TPSA) is 47.0 Å². The second-order valence-electron chi connectivity index (χ2n) is 2.97. The Balaban J connectivity index is 2.67. The van der Waals surface area contributed by atoms with E-state index in [1.54, 1.807) is 6.07 Å². The van der Waals surface area contributed by atoms with E-state index in [1.165, 1.54) is 0 Å². The van der Waals surface area contributed by atoms with Crippen LogP contribution >= 0.6 is 0 Å². The van der Waals surface area contributed by atoms with E-state index >= 15 is 0 Å². The van der Waals surface area contributed by atoms with E-state index in [0.717, 1.165) is 12.4 Å². The number of terminal acetylenes is 1.